The third-order valence-electron chi connectivity index (χ3n) is 5.78. The highest BCUT2D eigenvalue weighted by atomic mass is 32.1. The number of aromatic nitrogens is 1. The second-order valence-corrected chi connectivity index (χ2v) is 9.29. The highest BCUT2D eigenvalue weighted by molar-refractivity contribution is 7.07. The lowest BCUT2D eigenvalue weighted by Gasteiger charge is -2.24. The molecule has 3 aromatic rings. The van der Waals surface area contributed by atoms with Crippen molar-refractivity contribution in [2.24, 2.45) is 4.99 Å². The molecule has 0 fully saturated rings. The van der Waals surface area contributed by atoms with Gasteiger partial charge < -0.3 is 14.2 Å². The normalized spacial score (nSPS) is 15.4. The number of esters is 1. The van der Waals surface area contributed by atoms with Crippen molar-refractivity contribution in [2.45, 2.75) is 40.7 Å². The first-order valence-corrected chi connectivity index (χ1v) is 12.8. The molecule has 188 valence electrons. The van der Waals surface area contributed by atoms with Crippen LogP contribution in [0.1, 0.15) is 50.4 Å². The fraction of sp³-hybridized carbons (Fsp3) is 0.321. The number of ether oxygens (including phenoxy) is 3. The Hall–Kier alpha value is -3.65. The van der Waals surface area contributed by atoms with Gasteiger partial charge in [0.05, 0.1) is 41.7 Å². The van der Waals surface area contributed by atoms with E-state index >= 15 is 0 Å². The Morgan fingerprint density at radius 1 is 1.00 bits per heavy atom. The van der Waals surface area contributed by atoms with Crippen LogP contribution in [0.3, 0.4) is 0 Å². The first-order chi connectivity index (χ1) is 17.4. The molecule has 1 atom stereocenters. The lowest BCUT2D eigenvalue weighted by Crippen LogP contribution is -2.39. The molecule has 0 aliphatic carbocycles. The number of aryl methyl sites for hydroxylation is 1. The molecule has 2 heterocycles. The molecule has 1 aliphatic rings. The van der Waals surface area contributed by atoms with E-state index in [-0.39, 0.29) is 12.2 Å². The molecule has 0 amide bonds. The first kappa shape index (κ1) is 25.4. The Kier molecular flexibility index (Phi) is 7.74. The van der Waals surface area contributed by atoms with Crippen molar-refractivity contribution in [3.8, 4) is 11.5 Å². The highest BCUT2D eigenvalue weighted by Gasteiger charge is 2.33. The van der Waals surface area contributed by atoms with Crippen molar-refractivity contribution >= 4 is 23.4 Å². The van der Waals surface area contributed by atoms with E-state index in [4.69, 9.17) is 14.2 Å². The molecule has 4 rings (SSSR count). The van der Waals surface area contributed by atoms with Gasteiger partial charge in [0.15, 0.2) is 16.3 Å². The summed E-state index contributed by atoms with van der Waals surface area (Å²) in [5.74, 6) is 0.817. The first-order valence-electron chi connectivity index (χ1n) is 12.0. The number of rotatable bonds is 8. The molecule has 0 radical (unpaired) electrons. The largest absolute Gasteiger partial charge is 0.490 e. The van der Waals surface area contributed by atoms with Crippen molar-refractivity contribution in [1.29, 1.82) is 0 Å². The summed E-state index contributed by atoms with van der Waals surface area (Å²) in [7, 11) is 0. The van der Waals surface area contributed by atoms with Gasteiger partial charge in [0.2, 0.25) is 0 Å². The maximum Gasteiger partial charge on any atom is 0.338 e. The van der Waals surface area contributed by atoms with E-state index in [1.54, 1.807) is 18.4 Å². The van der Waals surface area contributed by atoms with Crippen LogP contribution in [0.2, 0.25) is 0 Å². The summed E-state index contributed by atoms with van der Waals surface area (Å²) in [6.45, 7) is 10.6. The quantitative estimate of drug-likeness (QED) is 0.433. The van der Waals surface area contributed by atoms with Crippen LogP contribution in [0, 0.1) is 6.92 Å². The number of nitrogens with zero attached hydrogens (tertiary/aromatic N) is 2. The smallest absolute Gasteiger partial charge is 0.338 e. The van der Waals surface area contributed by atoms with E-state index < -0.39 is 12.0 Å². The molecule has 2 aromatic carbocycles. The van der Waals surface area contributed by atoms with E-state index in [1.807, 2.05) is 69.3 Å². The second-order valence-electron chi connectivity index (χ2n) is 8.29. The Morgan fingerprint density at radius 3 is 2.36 bits per heavy atom. The van der Waals surface area contributed by atoms with E-state index in [0.717, 1.165) is 16.7 Å². The number of hydrogen-bond acceptors (Lipinski definition) is 7. The molecule has 8 heteroatoms. The fourth-order valence-corrected chi connectivity index (χ4v) is 5.21. The molecule has 0 spiro atoms. The summed E-state index contributed by atoms with van der Waals surface area (Å²) >= 11 is 1.29. The zero-order valence-electron chi connectivity index (χ0n) is 21.2. The van der Waals surface area contributed by atoms with Crippen LogP contribution in [-0.2, 0) is 9.53 Å². The van der Waals surface area contributed by atoms with Crippen molar-refractivity contribution in [3.63, 3.8) is 0 Å². The zero-order chi connectivity index (χ0) is 25.8. The maximum atomic E-state index is 13.7. The van der Waals surface area contributed by atoms with Crippen LogP contribution in [0.25, 0.3) is 6.08 Å². The van der Waals surface area contributed by atoms with Crippen LogP contribution >= 0.6 is 11.3 Å². The third-order valence-corrected chi connectivity index (χ3v) is 6.76. The van der Waals surface area contributed by atoms with Crippen LogP contribution in [0.4, 0.5) is 0 Å². The van der Waals surface area contributed by atoms with E-state index in [9.17, 15) is 9.59 Å². The van der Waals surface area contributed by atoms with Gasteiger partial charge in [-0.05, 0) is 64.0 Å². The van der Waals surface area contributed by atoms with Gasteiger partial charge >= 0.3 is 5.97 Å². The third kappa shape index (κ3) is 4.99. The summed E-state index contributed by atoms with van der Waals surface area (Å²) < 4.78 is 18.9. The van der Waals surface area contributed by atoms with Crippen LogP contribution in [0.15, 0.2) is 63.5 Å². The van der Waals surface area contributed by atoms with E-state index in [1.165, 1.54) is 11.3 Å². The van der Waals surface area contributed by atoms with Crippen LogP contribution in [-0.4, -0.2) is 30.4 Å². The average Bonchev–Trinajstić information content (AvgIpc) is 3.15. The minimum absolute atomic E-state index is 0.217. The minimum atomic E-state index is -0.623. The van der Waals surface area contributed by atoms with Crippen molar-refractivity contribution < 1.29 is 19.0 Å². The Balaban J connectivity index is 1.89. The molecule has 36 heavy (non-hydrogen) atoms. The van der Waals surface area contributed by atoms with Gasteiger partial charge in [-0.3, -0.25) is 9.36 Å². The predicted molar refractivity (Wildman–Crippen MR) is 140 cm³/mol. The topological polar surface area (TPSA) is 79.1 Å². The SMILES string of the molecule is CCOC(=O)C1=C(C)N=c2s/c(=C/c3ccc(OCC)c(OCC)c3)c(=O)n2[C@H]1c1ccc(C)cc1. The van der Waals surface area contributed by atoms with E-state index in [0.29, 0.717) is 45.3 Å². The summed E-state index contributed by atoms with van der Waals surface area (Å²) in [5, 5.41) is 0. The number of carbonyl (C=O) groups excluding carboxylic acids is 1. The number of allylic oxidation sites excluding steroid dienone is 1. The lowest BCUT2D eigenvalue weighted by atomic mass is 9.95. The van der Waals surface area contributed by atoms with Gasteiger partial charge in [-0.2, -0.15) is 0 Å². The number of carbonyl (C=O) groups is 1. The van der Waals surface area contributed by atoms with Gasteiger partial charge in [-0.25, -0.2) is 9.79 Å². The molecule has 1 aliphatic heterocycles. The lowest BCUT2D eigenvalue weighted by molar-refractivity contribution is -0.139. The molecule has 0 unspecified atom stereocenters. The highest BCUT2D eigenvalue weighted by Crippen LogP contribution is 2.31. The summed E-state index contributed by atoms with van der Waals surface area (Å²) in [6.07, 6.45) is 1.82. The summed E-state index contributed by atoms with van der Waals surface area (Å²) in [4.78, 5) is 31.9. The molecule has 0 N–H and O–H groups in total. The molecule has 0 saturated carbocycles. The Bertz CT molecular complexity index is 1480. The Morgan fingerprint density at radius 2 is 1.69 bits per heavy atom. The molecular weight excluding hydrogens is 476 g/mol. The van der Waals surface area contributed by atoms with Crippen molar-refractivity contribution in [1.82, 2.24) is 4.57 Å². The van der Waals surface area contributed by atoms with Gasteiger partial charge in [-0.15, -0.1) is 0 Å². The predicted octanol–water partition coefficient (Wildman–Crippen LogP) is 3.90. The molecule has 1 aromatic heterocycles. The minimum Gasteiger partial charge on any atom is -0.490 e. The average molecular weight is 507 g/mol. The van der Waals surface area contributed by atoms with Gasteiger partial charge in [0, 0.05) is 0 Å². The summed E-state index contributed by atoms with van der Waals surface area (Å²) in [6, 6.07) is 12.8. The zero-order valence-corrected chi connectivity index (χ0v) is 22.0. The fourth-order valence-electron chi connectivity index (χ4n) is 4.16. The standard InChI is InChI=1S/C28H30N2O5S/c1-6-33-21-14-11-19(15-22(21)34-7-2)16-23-26(31)30-25(20-12-9-17(4)10-13-20)24(27(32)35-8-3)18(5)29-28(30)36-23/h9-16,25H,6-8H2,1-5H3/b23-16+/t25-/m0/s1. The number of thiazole rings is 1. The van der Waals surface area contributed by atoms with Crippen molar-refractivity contribution in [3.05, 3.63) is 90.1 Å². The molecular formula is C28H30N2O5S. The van der Waals surface area contributed by atoms with Crippen molar-refractivity contribution in [2.75, 3.05) is 19.8 Å². The van der Waals surface area contributed by atoms with Crippen LogP contribution in [0.5, 0.6) is 11.5 Å². The maximum absolute atomic E-state index is 13.7. The number of benzene rings is 2. The molecule has 7 nitrogen and oxygen atoms in total. The molecule has 0 saturated heterocycles. The monoisotopic (exact) mass is 506 g/mol. The number of hydrogen-bond donors (Lipinski definition) is 0. The van der Waals surface area contributed by atoms with E-state index in [2.05, 4.69) is 4.99 Å². The van der Waals surface area contributed by atoms with Gasteiger partial charge in [-0.1, -0.05) is 47.2 Å². The van der Waals surface area contributed by atoms with Gasteiger partial charge in [0.1, 0.15) is 0 Å². The number of fused-ring (bicyclic) bond motifs is 1. The van der Waals surface area contributed by atoms with Crippen LogP contribution < -0.4 is 24.4 Å². The Labute approximate surface area is 214 Å². The second kappa shape index (κ2) is 11.0. The summed E-state index contributed by atoms with van der Waals surface area (Å²) in [5.41, 5.74) is 3.42. The molecule has 0 bridgehead atoms. The van der Waals surface area contributed by atoms with Gasteiger partial charge in [0.25, 0.3) is 5.56 Å².